The monoisotopic (exact) mass is 383 g/mol. The Morgan fingerprint density at radius 3 is 2.89 bits per heavy atom. The van der Waals surface area contributed by atoms with E-state index < -0.39 is 15.2 Å². The molecule has 1 heterocycles. The number of nitrogens with zero attached hydrogens (tertiary/aromatic N) is 1. The molecule has 0 aliphatic carbocycles. The Morgan fingerprint density at radius 2 is 2.26 bits per heavy atom. The number of rotatable bonds is 3. The van der Waals surface area contributed by atoms with E-state index in [1.807, 2.05) is 23.1 Å². The second-order valence-corrected chi connectivity index (χ2v) is 8.74. The van der Waals surface area contributed by atoms with Gasteiger partial charge in [0.1, 0.15) is 5.37 Å². The zero-order chi connectivity index (χ0) is 14.0. The summed E-state index contributed by atoms with van der Waals surface area (Å²) in [5, 5.41) is 0.810. The fraction of sp³-hybridized carbons (Fsp3) is 0.500. The molecule has 1 aromatic carbocycles. The average molecular weight is 385 g/mol. The Hall–Kier alpha value is 0.0900. The summed E-state index contributed by atoms with van der Waals surface area (Å²) in [6.45, 7) is 0.725. The topological polar surface area (TPSA) is 37.4 Å². The summed E-state index contributed by atoms with van der Waals surface area (Å²) >= 11 is 11.3. The summed E-state index contributed by atoms with van der Waals surface area (Å²) in [5.74, 6) is 1.54. The lowest BCUT2D eigenvalue weighted by molar-refractivity contribution is 0.584. The highest BCUT2D eigenvalue weighted by Gasteiger charge is 2.32. The average Bonchev–Trinajstić information content (AvgIpc) is 2.37. The van der Waals surface area contributed by atoms with Crippen molar-refractivity contribution in [1.82, 2.24) is 0 Å². The normalized spacial score (nSPS) is 20.6. The molecule has 0 radical (unpaired) electrons. The van der Waals surface area contributed by atoms with E-state index in [1.165, 1.54) is 6.26 Å². The molecule has 1 aromatic rings. The first-order chi connectivity index (χ1) is 8.95. The maximum absolute atomic E-state index is 12.0. The second kappa shape index (κ2) is 6.24. The minimum Gasteiger partial charge on any atom is -0.353 e. The summed E-state index contributed by atoms with van der Waals surface area (Å²) in [6.07, 6.45) is 1.30. The van der Waals surface area contributed by atoms with Gasteiger partial charge < -0.3 is 4.90 Å². The van der Waals surface area contributed by atoms with E-state index in [0.29, 0.717) is 16.1 Å². The first-order valence-corrected chi connectivity index (χ1v) is 10.4. The van der Waals surface area contributed by atoms with Crippen LogP contribution in [-0.2, 0) is 15.2 Å². The minimum absolute atomic E-state index is 0.470. The third-order valence-corrected chi connectivity index (χ3v) is 6.67. The highest BCUT2D eigenvalue weighted by atomic mass is 79.9. The molecular formula is C12H15BrClNO2S2. The number of hydrogen-bond acceptors (Lipinski definition) is 4. The molecule has 1 unspecified atom stereocenters. The lowest BCUT2D eigenvalue weighted by Gasteiger charge is -2.37. The van der Waals surface area contributed by atoms with Gasteiger partial charge in [0, 0.05) is 45.9 Å². The van der Waals surface area contributed by atoms with Crippen LogP contribution in [0.3, 0.4) is 0 Å². The third kappa shape index (κ3) is 3.40. The molecule has 19 heavy (non-hydrogen) atoms. The first-order valence-electron chi connectivity index (χ1n) is 5.81. The molecule has 7 heteroatoms. The molecule has 1 saturated heterocycles. The van der Waals surface area contributed by atoms with Crippen LogP contribution in [0.15, 0.2) is 18.2 Å². The minimum atomic E-state index is -3.11. The fourth-order valence-electron chi connectivity index (χ4n) is 2.16. The number of anilines is 1. The standard InChI is InChI=1S/C12H15BrClNO2S2/c1-19(16,17)12-8-18-6-5-15(12)11-4-2-3-10(14)9(11)7-13/h2-4,12H,5-8H2,1H3. The molecule has 1 atom stereocenters. The van der Waals surface area contributed by atoms with Crippen LogP contribution >= 0.6 is 39.3 Å². The molecule has 0 aromatic heterocycles. The smallest absolute Gasteiger partial charge is 0.169 e. The molecule has 2 rings (SSSR count). The molecule has 0 spiro atoms. The summed E-state index contributed by atoms with van der Waals surface area (Å²) in [6, 6.07) is 5.64. The van der Waals surface area contributed by atoms with E-state index >= 15 is 0 Å². The lowest BCUT2D eigenvalue weighted by atomic mass is 10.2. The number of hydrogen-bond donors (Lipinski definition) is 0. The summed E-state index contributed by atoms with van der Waals surface area (Å²) in [7, 11) is -3.11. The van der Waals surface area contributed by atoms with Crippen molar-refractivity contribution in [2.75, 3.05) is 29.2 Å². The van der Waals surface area contributed by atoms with E-state index in [-0.39, 0.29) is 0 Å². The molecule has 1 aliphatic rings. The Bertz CT molecular complexity index is 565. The van der Waals surface area contributed by atoms with E-state index in [9.17, 15) is 8.42 Å². The van der Waals surface area contributed by atoms with Gasteiger partial charge >= 0.3 is 0 Å². The van der Waals surface area contributed by atoms with E-state index in [0.717, 1.165) is 23.5 Å². The van der Waals surface area contributed by atoms with Crippen molar-refractivity contribution >= 4 is 54.8 Å². The molecule has 1 aliphatic heterocycles. The number of alkyl halides is 1. The van der Waals surface area contributed by atoms with Crippen LogP contribution < -0.4 is 4.90 Å². The van der Waals surface area contributed by atoms with Crippen molar-refractivity contribution in [3.8, 4) is 0 Å². The van der Waals surface area contributed by atoms with E-state index in [4.69, 9.17) is 11.6 Å². The zero-order valence-electron chi connectivity index (χ0n) is 10.5. The maximum atomic E-state index is 12.0. The van der Waals surface area contributed by atoms with Gasteiger partial charge in [-0.15, -0.1) is 0 Å². The molecule has 106 valence electrons. The summed E-state index contributed by atoms with van der Waals surface area (Å²) in [5.41, 5.74) is 1.87. The fourth-order valence-corrected chi connectivity index (χ4v) is 5.98. The third-order valence-electron chi connectivity index (χ3n) is 3.12. The van der Waals surface area contributed by atoms with Crippen LogP contribution in [0.5, 0.6) is 0 Å². The van der Waals surface area contributed by atoms with Crippen LogP contribution in [0.25, 0.3) is 0 Å². The summed E-state index contributed by atoms with van der Waals surface area (Å²) < 4.78 is 23.9. The Kier molecular flexibility index (Phi) is 5.09. The van der Waals surface area contributed by atoms with Gasteiger partial charge in [0.25, 0.3) is 0 Å². The van der Waals surface area contributed by atoms with Gasteiger partial charge in [-0.25, -0.2) is 8.42 Å². The van der Waals surface area contributed by atoms with Gasteiger partial charge in [0.2, 0.25) is 0 Å². The predicted octanol–water partition coefficient (Wildman–Crippen LogP) is 3.16. The molecule has 1 fully saturated rings. The molecule has 3 nitrogen and oxygen atoms in total. The van der Waals surface area contributed by atoms with E-state index in [1.54, 1.807) is 11.8 Å². The predicted molar refractivity (Wildman–Crippen MR) is 87.4 cm³/mol. The Labute approximate surface area is 131 Å². The zero-order valence-corrected chi connectivity index (χ0v) is 14.4. The van der Waals surface area contributed by atoms with Crippen molar-refractivity contribution in [3.05, 3.63) is 28.8 Å². The van der Waals surface area contributed by atoms with Gasteiger partial charge in [-0.2, -0.15) is 11.8 Å². The molecule has 0 amide bonds. The van der Waals surface area contributed by atoms with Gasteiger partial charge in [-0.05, 0) is 12.1 Å². The largest absolute Gasteiger partial charge is 0.353 e. The molecule has 0 saturated carbocycles. The highest BCUT2D eigenvalue weighted by molar-refractivity contribution is 9.08. The Balaban J connectivity index is 2.46. The molecular weight excluding hydrogens is 370 g/mol. The van der Waals surface area contributed by atoms with Gasteiger partial charge in [0.05, 0.1) is 0 Å². The number of benzene rings is 1. The SMILES string of the molecule is CS(=O)(=O)C1CSCCN1c1cccc(Cl)c1CBr. The highest BCUT2D eigenvalue weighted by Crippen LogP contribution is 2.34. The Morgan fingerprint density at radius 1 is 1.53 bits per heavy atom. The van der Waals surface area contributed by atoms with Gasteiger partial charge in [0.15, 0.2) is 9.84 Å². The number of thioether (sulfide) groups is 1. The van der Waals surface area contributed by atoms with Crippen molar-refractivity contribution in [2.24, 2.45) is 0 Å². The number of halogens is 2. The maximum Gasteiger partial charge on any atom is 0.169 e. The van der Waals surface area contributed by atoms with Crippen LogP contribution in [-0.4, -0.2) is 38.1 Å². The van der Waals surface area contributed by atoms with Crippen LogP contribution in [0.4, 0.5) is 5.69 Å². The second-order valence-electron chi connectivity index (χ2n) is 4.42. The van der Waals surface area contributed by atoms with Gasteiger partial charge in [-0.3, -0.25) is 0 Å². The van der Waals surface area contributed by atoms with Crippen molar-refractivity contribution in [3.63, 3.8) is 0 Å². The first kappa shape index (κ1) is 15.5. The lowest BCUT2D eigenvalue weighted by Crippen LogP contribution is -2.47. The molecule has 0 N–H and O–H groups in total. The van der Waals surface area contributed by atoms with Crippen molar-refractivity contribution in [1.29, 1.82) is 0 Å². The summed E-state index contributed by atoms with van der Waals surface area (Å²) in [4.78, 5) is 1.97. The van der Waals surface area contributed by atoms with Crippen LogP contribution in [0.2, 0.25) is 5.02 Å². The quantitative estimate of drug-likeness (QED) is 0.750. The van der Waals surface area contributed by atoms with Crippen molar-refractivity contribution < 1.29 is 8.42 Å². The number of sulfone groups is 1. The van der Waals surface area contributed by atoms with Gasteiger partial charge in [-0.1, -0.05) is 33.6 Å². The van der Waals surface area contributed by atoms with Crippen molar-refractivity contribution in [2.45, 2.75) is 10.7 Å². The van der Waals surface area contributed by atoms with Crippen LogP contribution in [0.1, 0.15) is 5.56 Å². The van der Waals surface area contributed by atoms with E-state index in [2.05, 4.69) is 15.9 Å². The molecule has 0 bridgehead atoms. The van der Waals surface area contributed by atoms with Crippen LogP contribution in [0, 0.1) is 0 Å².